The molecule has 1 aliphatic heterocycles. The molecule has 0 bridgehead atoms. The molecular formula is C14H24N2O4. The number of aliphatic carboxylic acids is 1. The van der Waals surface area contributed by atoms with Crippen LogP contribution in [-0.2, 0) is 9.53 Å². The molecule has 6 heteroatoms. The predicted molar refractivity (Wildman–Crippen MR) is 73.5 cm³/mol. The van der Waals surface area contributed by atoms with Gasteiger partial charge in [0.2, 0.25) is 0 Å². The van der Waals surface area contributed by atoms with E-state index in [9.17, 15) is 14.7 Å². The van der Waals surface area contributed by atoms with Crippen LogP contribution in [0, 0.1) is 5.41 Å². The van der Waals surface area contributed by atoms with Gasteiger partial charge in [0.15, 0.2) is 0 Å². The van der Waals surface area contributed by atoms with Crippen LogP contribution in [0.5, 0.6) is 0 Å². The van der Waals surface area contributed by atoms with Crippen LogP contribution in [0.25, 0.3) is 0 Å². The monoisotopic (exact) mass is 284 g/mol. The molecule has 0 aromatic heterocycles. The predicted octanol–water partition coefficient (Wildman–Crippen LogP) is 1.50. The van der Waals surface area contributed by atoms with Crippen LogP contribution in [0.4, 0.5) is 4.79 Å². The third-order valence-corrected chi connectivity index (χ3v) is 4.38. The van der Waals surface area contributed by atoms with Crippen LogP contribution >= 0.6 is 0 Å². The lowest BCUT2D eigenvalue weighted by Crippen LogP contribution is -2.45. The van der Waals surface area contributed by atoms with E-state index in [-0.39, 0.29) is 18.7 Å². The Morgan fingerprint density at radius 1 is 1.20 bits per heavy atom. The number of hydrogen-bond acceptors (Lipinski definition) is 3. The summed E-state index contributed by atoms with van der Waals surface area (Å²) in [5.74, 6) is -0.797. The first-order valence-electron chi connectivity index (χ1n) is 7.49. The van der Waals surface area contributed by atoms with Gasteiger partial charge in [-0.1, -0.05) is 12.8 Å². The molecule has 114 valence electrons. The average molecular weight is 284 g/mol. The van der Waals surface area contributed by atoms with Crippen molar-refractivity contribution in [2.75, 3.05) is 19.7 Å². The second kappa shape index (κ2) is 6.92. The highest BCUT2D eigenvalue weighted by atomic mass is 16.5. The van der Waals surface area contributed by atoms with Gasteiger partial charge in [-0.3, -0.25) is 4.79 Å². The highest BCUT2D eigenvalue weighted by Gasteiger charge is 2.41. The topological polar surface area (TPSA) is 87.7 Å². The highest BCUT2D eigenvalue weighted by molar-refractivity contribution is 5.78. The smallest absolute Gasteiger partial charge is 0.314 e. The van der Waals surface area contributed by atoms with Gasteiger partial charge in [-0.15, -0.1) is 0 Å². The van der Waals surface area contributed by atoms with Gasteiger partial charge in [0.1, 0.15) is 0 Å². The van der Waals surface area contributed by atoms with Crippen molar-refractivity contribution in [3.8, 4) is 0 Å². The van der Waals surface area contributed by atoms with Crippen LogP contribution in [0.15, 0.2) is 0 Å². The summed E-state index contributed by atoms with van der Waals surface area (Å²) < 4.78 is 5.47. The molecule has 3 N–H and O–H groups in total. The Morgan fingerprint density at radius 2 is 1.95 bits per heavy atom. The van der Waals surface area contributed by atoms with Crippen LogP contribution in [0.2, 0.25) is 0 Å². The van der Waals surface area contributed by atoms with Gasteiger partial charge in [0, 0.05) is 19.7 Å². The number of nitrogens with one attached hydrogen (secondary N) is 2. The van der Waals surface area contributed by atoms with E-state index in [1.807, 2.05) is 0 Å². The number of amides is 2. The van der Waals surface area contributed by atoms with Gasteiger partial charge in [-0.2, -0.15) is 0 Å². The summed E-state index contributed by atoms with van der Waals surface area (Å²) in [4.78, 5) is 23.0. The lowest BCUT2D eigenvalue weighted by atomic mass is 9.86. The van der Waals surface area contributed by atoms with E-state index in [1.165, 1.54) is 0 Å². The van der Waals surface area contributed by atoms with E-state index < -0.39 is 11.4 Å². The Balaban J connectivity index is 1.65. The summed E-state index contributed by atoms with van der Waals surface area (Å²) in [7, 11) is 0. The molecule has 2 amide bonds. The first-order valence-corrected chi connectivity index (χ1v) is 7.49. The van der Waals surface area contributed by atoms with Gasteiger partial charge >= 0.3 is 12.0 Å². The number of carboxylic acid groups (broad SMARTS) is 1. The highest BCUT2D eigenvalue weighted by Crippen LogP contribution is 2.37. The molecule has 1 saturated heterocycles. The number of ether oxygens (including phenoxy) is 1. The summed E-state index contributed by atoms with van der Waals surface area (Å²) in [5, 5.41) is 14.8. The number of carbonyl (C=O) groups excluding carboxylic acids is 1. The van der Waals surface area contributed by atoms with Crippen molar-refractivity contribution < 1.29 is 19.4 Å². The van der Waals surface area contributed by atoms with E-state index in [0.29, 0.717) is 19.4 Å². The largest absolute Gasteiger partial charge is 0.481 e. The first-order chi connectivity index (χ1) is 9.62. The Morgan fingerprint density at radius 3 is 2.55 bits per heavy atom. The Labute approximate surface area is 119 Å². The van der Waals surface area contributed by atoms with Crippen molar-refractivity contribution in [2.24, 2.45) is 5.41 Å². The fourth-order valence-corrected chi connectivity index (χ4v) is 3.05. The number of hydrogen-bond donors (Lipinski definition) is 3. The summed E-state index contributed by atoms with van der Waals surface area (Å²) in [6.07, 6.45) is 6.39. The van der Waals surface area contributed by atoms with Gasteiger partial charge in [-0.25, -0.2) is 4.79 Å². The van der Waals surface area contributed by atoms with Gasteiger partial charge in [0.05, 0.1) is 11.5 Å². The molecule has 1 heterocycles. The average Bonchev–Trinajstić information content (AvgIpc) is 3.08. The second-order valence-electron chi connectivity index (χ2n) is 5.83. The van der Waals surface area contributed by atoms with Crippen molar-refractivity contribution >= 4 is 12.0 Å². The number of rotatable bonds is 6. The third kappa shape index (κ3) is 3.85. The number of carboxylic acids is 1. The summed E-state index contributed by atoms with van der Waals surface area (Å²) in [6.45, 7) is 1.60. The van der Waals surface area contributed by atoms with Crippen LogP contribution < -0.4 is 10.6 Å². The van der Waals surface area contributed by atoms with E-state index >= 15 is 0 Å². The molecule has 0 aromatic rings. The molecule has 2 fully saturated rings. The van der Waals surface area contributed by atoms with E-state index in [4.69, 9.17) is 4.74 Å². The lowest BCUT2D eigenvalue weighted by molar-refractivity contribution is -0.148. The quantitative estimate of drug-likeness (QED) is 0.689. The molecule has 1 unspecified atom stereocenters. The Bertz CT molecular complexity index is 347. The minimum atomic E-state index is -0.797. The Hall–Kier alpha value is -1.30. The molecule has 1 aliphatic carbocycles. The van der Waals surface area contributed by atoms with E-state index in [2.05, 4.69) is 10.6 Å². The maximum Gasteiger partial charge on any atom is 0.314 e. The van der Waals surface area contributed by atoms with E-state index in [1.54, 1.807) is 0 Å². The van der Waals surface area contributed by atoms with Gasteiger partial charge < -0.3 is 20.5 Å². The van der Waals surface area contributed by atoms with Crippen molar-refractivity contribution in [3.05, 3.63) is 0 Å². The molecule has 6 nitrogen and oxygen atoms in total. The molecule has 2 aliphatic rings. The zero-order chi connectivity index (χ0) is 14.4. The first kappa shape index (κ1) is 15.1. The molecule has 20 heavy (non-hydrogen) atoms. The maximum absolute atomic E-state index is 11.7. The normalized spacial score (nSPS) is 24.5. The molecule has 1 atom stereocenters. The number of urea groups is 1. The Kier molecular flexibility index (Phi) is 5.23. The van der Waals surface area contributed by atoms with E-state index in [0.717, 1.165) is 38.7 Å². The lowest BCUT2D eigenvalue weighted by Gasteiger charge is -2.24. The second-order valence-corrected chi connectivity index (χ2v) is 5.83. The third-order valence-electron chi connectivity index (χ3n) is 4.38. The SMILES string of the molecule is O=C(NCCC1CCCO1)NCC1(C(=O)O)CCCC1. The molecule has 0 spiro atoms. The van der Waals surface area contributed by atoms with Crippen LogP contribution in [-0.4, -0.2) is 42.9 Å². The minimum Gasteiger partial charge on any atom is -0.481 e. The fraction of sp³-hybridized carbons (Fsp3) is 0.857. The van der Waals surface area contributed by atoms with Crippen molar-refractivity contribution in [1.29, 1.82) is 0 Å². The zero-order valence-electron chi connectivity index (χ0n) is 11.8. The van der Waals surface area contributed by atoms with Crippen molar-refractivity contribution in [1.82, 2.24) is 10.6 Å². The van der Waals surface area contributed by atoms with Crippen molar-refractivity contribution in [3.63, 3.8) is 0 Å². The summed E-state index contributed by atoms with van der Waals surface area (Å²) in [5.41, 5.74) is -0.758. The van der Waals surface area contributed by atoms with Gasteiger partial charge in [0.25, 0.3) is 0 Å². The van der Waals surface area contributed by atoms with Crippen LogP contribution in [0.3, 0.4) is 0 Å². The van der Waals surface area contributed by atoms with Crippen LogP contribution in [0.1, 0.15) is 44.9 Å². The molecule has 0 aromatic carbocycles. The summed E-state index contributed by atoms with van der Waals surface area (Å²) >= 11 is 0. The van der Waals surface area contributed by atoms with Crippen molar-refractivity contribution in [2.45, 2.75) is 51.0 Å². The fourth-order valence-electron chi connectivity index (χ4n) is 3.05. The zero-order valence-corrected chi connectivity index (χ0v) is 11.8. The molecule has 1 saturated carbocycles. The standard InChI is InChI=1S/C14H24N2O4/c17-12(18)14(6-1-2-7-14)10-16-13(19)15-8-5-11-4-3-9-20-11/h11H,1-10H2,(H,17,18)(H2,15,16,19). The minimum absolute atomic E-state index is 0.216. The van der Waals surface area contributed by atoms with Gasteiger partial charge in [-0.05, 0) is 32.1 Å². The molecule has 2 rings (SSSR count). The number of carbonyl (C=O) groups is 2. The molecular weight excluding hydrogens is 260 g/mol. The maximum atomic E-state index is 11.7. The summed E-state index contributed by atoms with van der Waals surface area (Å²) in [6, 6.07) is -0.282. The molecule has 0 radical (unpaired) electrons.